The lowest BCUT2D eigenvalue weighted by Gasteiger charge is -2.34. The molecule has 0 atom stereocenters. The van der Waals surface area contributed by atoms with E-state index < -0.39 is 0 Å². The van der Waals surface area contributed by atoms with Crippen molar-refractivity contribution < 1.29 is 0 Å². The zero-order valence-electron chi connectivity index (χ0n) is 12.4. The molecule has 1 aromatic rings. The lowest BCUT2D eigenvalue weighted by molar-refractivity contribution is 0.224. The van der Waals surface area contributed by atoms with Crippen molar-refractivity contribution in [3.8, 4) is 0 Å². The first kappa shape index (κ1) is 13.2. The predicted molar refractivity (Wildman–Crippen MR) is 81.4 cm³/mol. The summed E-state index contributed by atoms with van der Waals surface area (Å²) in [5.74, 6) is 0.779. The van der Waals surface area contributed by atoms with Crippen molar-refractivity contribution >= 4 is 0 Å². The maximum Gasteiger partial charge on any atom is 0.00763 e. The molecule has 2 saturated carbocycles. The van der Waals surface area contributed by atoms with Gasteiger partial charge in [-0.25, -0.2) is 0 Å². The van der Waals surface area contributed by atoms with E-state index in [1.165, 1.54) is 44.1 Å². The van der Waals surface area contributed by atoms with Crippen molar-refractivity contribution in [1.82, 2.24) is 0 Å². The summed E-state index contributed by atoms with van der Waals surface area (Å²) in [5.41, 5.74) is 9.92. The third-order valence-corrected chi connectivity index (χ3v) is 5.55. The minimum absolute atomic E-state index is 0.337. The highest BCUT2D eigenvalue weighted by Gasteiger charge is 2.43. The first-order valence-electron chi connectivity index (χ1n) is 7.85. The van der Waals surface area contributed by atoms with Crippen molar-refractivity contribution in [2.75, 3.05) is 6.54 Å². The molecule has 19 heavy (non-hydrogen) atoms. The molecule has 0 bridgehead atoms. The Morgan fingerprint density at radius 2 is 1.79 bits per heavy atom. The van der Waals surface area contributed by atoms with E-state index in [2.05, 4.69) is 38.1 Å². The fourth-order valence-corrected chi connectivity index (χ4v) is 3.62. The molecule has 2 aliphatic carbocycles. The first-order valence-corrected chi connectivity index (χ1v) is 7.85. The second-order valence-corrected chi connectivity index (χ2v) is 7.55. The van der Waals surface area contributed by atoms with Crippen molar-refractivity contribution in [2.45, 2.75) is 63.7 Å². The quantitative estimate of drug-likeness (QED) is 0.855. The molecule has 0 radical (unpaired) electrons. The van der Waals surface area contributed by atoms with Crippen LogP contribution in [-0.4, -0.2) is 6.54 Å². The van der Waals surface area contributed by atoms with Gasteiger partial charge in [-0.3, -0.25) is 0 Å². The van der Waals surface area contributed by atoms with Crippen LogP contribution in [0, 0.1) is 5.41 Å². The molecule has 0 unspecified atom stereocenters. The zero-order chi connectivity index (χ0) is 13.5. The van der Waals surface area contributed by atoms with E-state index in [0.717, 1.165) is 12.5 Å². The molecule has 2 aliphatic rings. The Balaban J connectivity index is 1.77. The van der Waals surface area contributed by atoms with Gasteiger partial charge in [0.15, 0.2) is 0 Å². The minimum Gasteiger partial charge on any atom is -0.330 e. The van der Waals surface area contributed by atoms with Crippen LogP contribution < -0.4 is 5.73 Å². The van der Waals surface area contributed by atoms with Crippen molar-refractivity contribution in [3.63, 3.8) is 0 Å². The second kappa shape index (κ2) is 4.63. The van der Waals surface area contributed by atoms with E-state index in [9.17, 15) is 0 Å². The number of rotatable bonds is 3. The van der Waals surface area contributed by atoms with Gasteiger partial charge < -0.3 is 5.73 Å². The number of hydrogen-bond donors (Lipinski definition) is 1. The summed E-state index contributed by atoms with van der Waals surface area (Å²) in [6, 6.07) is 9.33. The van der Waals surface area contributed by atoms with Crippen molar-refractivity contribution in [3.05, 3.63) is 35.4 Å². The second-order valence-electron chi connectivity index (χ2n) is 7.55. The first-order chi connectivity index (χ1) is 9.05. The third-order valence-electron chi connectivity index (χ3n) is 5.55. The highest BCUT2D eigenvalue weighted by atomic mass is 14.7. The van der Waals surface area contributed by atoms with Gasteiger partial charge in [0.25, 0.3) is 0 Å². The van der Waals surface area contributed by atoms with Crippen molar-refractivity contribution in [2.24, 2.45) is 11.1 Å². The summed E-state index contributed by atoms with van der Waals surface area (Å²) in [4.78, 5) is 0. The predicted octanol–water partition coefficient (Wildman–Crippen LogP) is 4.36. The molecule has 1 aromatic carbocycles. The van der Waals surface area contributed by atoms with Gasteiger partial charge in [0.1, 0.15) is 0 Å². The van der Waals surface area contributed by atoms with Gasteiger partial charge in [-0.2, -0.15) is 0 Å². The van der Waals surface area contributed by atoms with E-state index in [4.69, 9.17) is 5.73 Å². The van der Waals surface area contributed by atoms with Crippen LogP contribution in [0.5, 0.6) is 0 Å². The Morgan fingerprint density at radius 1 is 1.11 bits per heavy atom. The van der Waals surface area contributed by atoms with Crippen LogP contribution in [0.25, 0.3) is 0 Å². The molecule has 1 nitrogen and oxygen atoms in total. The molecule has 2 N–H and O–H groups in total. The Labute approximate surface area is 117 Å². The Morgan fingerprint density at radius 3 is 2.37 bits per heavy atom. The van der Waals surface area contributed by atoms with Crippen LogP contribution in [0.1, 0.15) is 69.4 Å². The standard InChI is InChI=1S/C18H27N/c1-17(2)8-6-14(7-9-17)15-4-3-5-16(12-15)18(13-19)10-11-18/h3-5,12,14H,6-11,13,19H2,1-2H3. The van der Waals surface area contributed by atoms with Gasteiger partial charge in [-0.05, 0) is 61.0 Å². The third kappa shape index (κ3) is 2.58. The van der Waals surface area contributed by atoms with Crippen LogP contribution in [0.2, 0.25) is 0 Å². The maximum atomic E-state index is 5.96. The van der Waals surface area contributed by atoms with Gasteiger partial charge in [0.2, 0.25) is 0 Å². The molecular weight excluding hydrogens is 230 g/mol. The van der Waals surface area contributed by atoms with Gasteiger partial charge >= 0.3 is 0 Å². The van der Waals surface area contributed by atoms with Gasteiger partial charge in [0.05, 0.1) is 0 Å². The molecule has 0 heterocycles. The summed E-state index contributed by atoms with van der Waals surface area (Å²) in [7, 11) is 0. The van der Waals surface area contributed by atoms with Crippen molar-refractivity contribution in [1.29, 1.82) is 0 Å². The molecule has 0 amide bonds. The van der Waals surface area contributed by atoms with Crippen LogP contribution >= 0.6 is 0 Å². The SMILES string of the molecule is CC1(C)CCC(c2cccc(C3(CN)CC3)c2)CC1. The summed E-state index contributed by atoms with van der Waals surface area (Å²) in [6.07, 6.45) is 8.00. The van der Waals surface area contributed by atoms with Gasteiger partial charge in [-0.1, -0.05) is 38.1 Å². The topological polar surface area (TPSA) is 26.0 Å². The summed E-state index contributed by atoms with van der Waals surface area (Å²) >= 11 is 0. The minimum atomic E-state index is 0.337. The molecule has 1 heteroatoms. The maximum absolute atomic E-state index is 5.96. The van der Waals surface area contributed by atoms with Crippen LogP contribution in [-0.2, 0) is 5.41 Å². The molecule has 104 valence electrons. The molecule has 0 spiro atoms. The van der Waals surface area contributed by atoms with Gasteiger partial charge in [-0.15, -0.1) is 0 Å². The summed E-state index contributed by atoms with van der Waals surface area (Å²) < 4.78 is 0. The molecule has 3 rings (SSSR count). The Hall–Kier alpha value is -0.820. The van der Waals surface area contributed by atoms with E-state index in [1.807, 2.05) is 0 Å². The average molecular weight is 257 g/mol. The number of hydrogen-bond acceptors (Lipinski definition) is 1. The average Bonchev–Trinajstić information content (AvgIpc) is 3.20. The van der Waals surface area contributed by atoms with E-state index in [0.29, 0.717) is 10.8 Å². The normalized spacial score (nSPS) is 25.2. The molecule has 0 saturated heterocycles. The fraction of sp³-hybridized carbons (Fsp3) is 0.667. The van der Waals surface area contributed by atoms with E-state index in [1.54, 1.807) is 5.56 Å². The van der Waals surface area contributed by atoms with Crippen LogP contribution in [0.4, 0.5) is 0 Å². The highest BCUT2D eigenvalue weighted by Crippen LogP contribution is 2.48. The monoisotopic (exact) mass is 257 g/mol. The Bertz CT molecular complexity index is 447. The zero-order valence-corrected chi connectivity index (χ0v) is 12.4. The molecule has 2 fully saturated rings. The van der Waals surface area contributed by atoms with E-state index in [-0.39, 0.29) is 0 Å². The Kier molecular flexibility index (Phi) is 3.21. The number of nitrogens with two attached hydrogens (primary N) is 1. The van der Waals surface area contributed by atoms with Crippen LogP contribution in [0.15, 0.2) is 24.3 Å². The van der Waals surface area contributed by atoms with Crippen LogP contribution in [0.3, 0.4) is 0 Å². The number of benzene rings is 1. The van der Waals surface area contributed by atoms with Gasteiger partial charge in [0, 0.05) is 12.0 Å². The molecule has 0 aliphatic heterocycles. The smallest absolute Gasteiger partial charge is 0.00763 e. The summed E-state index contributed by atoms with van der Waals surface area (Å²) in [5, 5.41) is 0. The fourth-order valence-electron chi connectivity index (χ4n) is 3.62. The molecular formula is C18H27N. The summed E-state index contributed by atoms with van der Waals surface area (Å²) in [6.45, 7) is 5.63. The lowest BCUT2D eigenvalue weighted by atomic mass is 9.71. The van der Waals surface area contributed by atoms with E-state index >= 15 is 0 Å². The molecule has 0 aromatic heterocycles. The largest absolute Gasteiger partial charge is 0.330 e. The highest BCUT2D eigenvalue weighted by molar-refractivity contribution is 5.36. The lowest BCUT2D eigenvalue weighted by Crippen LogP contribution is -2.22.